The van der Waals surface area contributed by atoms with Gasteiger partial charge in [0.05, 0.1) is 6.10 Å². The molecule has 0 saturated carbocycles. The molecule has 0 aromatic heterocycles. The summed E-state index contributed by atoms with van der Waals surface area (Å²) in [6, 6.07) is 7.87. The normalized spacial score (nSPS) is 23.6. The molecule has 1 amide bonds. The van der Waals surface area contributed by atoms with Gasteiger partial charge in [-0.1, -0.05) is 30.3 Å². The Morgan fingerprint density at radius 2 is 2.00 bits per heavy atom. The summed E-state index contributed by atoms with van der Waals surface area (Å²) in [6.45, 7) is 0.0164. The maximum atomic E-state index is 12.5. The van der Waals surface area contributed by atoms with Gasteiger partial charge >= 0.3 is 5.97 Å². The zero-order valence-electron chi connectivity index (χ0n) is 11.1. The number of carboxylic acid groups (broad SMARTS) is 1. The van der Waals surface area contributed by atoms with Crippen molar-refractivity contribution in [3.8, 4) is 0 Å². The number of ether oxygens (including phenoxy) is 1. The third kappa shape index (κ3) is 2.81. The number of carbonyl (C=O) groups excluding carboxylic acids is 1. The minimum Gasteiger partial charge on any atom is -0.480 e. The van der Waals surface area contributed by atoms with Crippen molar-refractivity contribution >= 4 is 11.9 Å². The van der Waals surface area contributed by atoms with E-state index in [1.807, 2.05) is 6.07 Å². The number of carboxylic acids is 1. The van der Waals surface area contributed by atoms with E-state index in [1.165, 1.54) is 12.0 Å². The van der Waals surface area contributed by atoms with E-state index in [9.17, 15) is 14.7 Å². The van der Waals surface area contributed by atoms with Crippen LogP contribution in [-0.2, 0) is 14.3 Å². The van der Waals surface area contributed by atoms with Crippen molar-refractivity contribution in [1.82, 2.24) is 4.90 Å². The Labute approximate surface area is 116 Å². The topological polar surface area (TPSA) is 87.1 Å². The summed E-state index contributed by atoms with van der Waals surface area (Å²) in [5, 5.41) is 18.7. The van der Waals surface area contributed by atoms with Gasteiger partial charge in [0.25, 0.3) is 5.91 Å². The molecule has 1 aliphatic rings. The SMILES string of the molecule is COC(C(=O)N1C[C@H](O)C[C@H]1C(=O)O)c1ccccc1. The van der Waals surface area contributed by atoms with Gasteiger partial charge in [-0.05, 0) is 5.56 Å². The second kappa shape index (κ2) is 6.02. The Balaban J connectivity index is 2.22. The quantitative estimate of drug-likeness (QED) is 0.834. The highest BCUT2D eigenvalue weighted by atomic mass is 16.5. The summed E-state index contributed by atoms with van der Waals surface area (Å²) in [7, 11) is 1.40. The van der Waals surface area contributed by atoms with Gasteiger partial charge in [0, 0.05) is 20.1 Å². The van der Waals surface area contributed by atoms with Crippen LogP contribution in [-0.4, -0.2) is 52.8 Å². The van der Waals surface area contributed by atoms with Gasteiger partial charge in [0.2, 0.25) is 0 Å². The number of methoxy groups -OCH3 is 1. The summed E-state index contributed by atoms with van der Waals surface area (Å²) in [5.41, 5.74) is 0.658. The van der Waals surface area contributed by atoms with E-state index in [0.717, 1.165) is 0 Å². The maximum absolute atomic E-state index is 12.5. The average Bonchev–Trinajstić information content (AvgIpc) is 2.83. The number of benzene rings is 1. The molecule has 2 rings (SSSR count). The molecule has 1 unspecified atom stereocenters. The monoisotopic (exact) mass is 279 g/mol. The van der Waals surface area contributed by atoms with Crippen LogP contribution in [0.15, 0.2) is 30.3 Å². The lowest BCUT2D eigenvalue weighted by Gasteiger charge is -2.26. The number of nitrogens with zero attached hydrogens (tertiary/aromatic N) is 1. The fourth-order valence-corrected chi connectivity index (χ4v) is 2.45. The van der Waals surface area contributed by atoms with Crippen LogP contribution in [0.2, 0.25) is 0 Å². The summed E-state index contributed by atoms with van der Waals surface area (Å²) in [4.78, 5) is 24.8. The predicted molar refractivity (Wildman–Crippen MR) is 70.0 cm³/mol. The Kier molecular flexibility index (Phi) is 4.36. The van der Waals surface area contributed by atoms with Crippen LogP contribution in [0.5, 0.6) is 0 Å². The van der Waals surface area contributed by atoms with Crippen LogP contribution >= 0.6 is 0 Å². The largest absolute Gasteiger partial charge is 0.480 e. The fraction of sp³-hybridized carbons (Fsp3) is 0.429. The molecule has 1 fully saturated rings. The number of amides is 1. The highest BCUT2D eigenvalue weighted by Crippen LogP contribution is 2.25. The molecule has 6 nitrogen and oxygen atoms in total. The van der Waals surface area contributed by atoms with Crippen LogP contribution in [0.1, 0.15) is 18.1 Å². The molecule has 0 radical (unpaired) electrons. The second-order valence-corrected chi connectivity index (χ2v) is 4.76. The van der Waals surface area contributed by atoms with Crippen molar-refractivity contribution in [2.24, 2.45) is 0 Å². The van der Waals surface area contributed by atoms with E-state index in [1.54, 1.807) is 24.3 Å². The number of aliphatic carboxylic acids is 1. The third-order valence-corrected chi connectivity index (χ3v) is 3.41. The van der Waals surface area contributed by atoms with E-state index < -0.39 is 30.1 Å². The maximum Gasteiger partial charge on any atom is 0.326 e. The van der Waals surface area contributed by atoms with Gasteiger partial charge in [-0.3, -0.25) is 4.79 Å². The van der Waals surface area contributed by atoms with E-state index >= 15 is 0 Å². The fourth-order valence-electron chi connectivity index (χ4n) is 2.45. The first-order valence-corrected chi connectivity index (χ1v) is 6.33. The summed E-state index contributed by atoms with van der Waals surface area (Å²) in [6.07, 6.45) is -1.62. The number of aliphatic hydroxyl groups is 1. The molecule has 1 aromatic rings. The molecule has 6 heteroatoms. The molecule has 20 heavy (non-hydrogen) atoms. The number of carbonyl (C=O) groups is 2. The van der Waals surface area contributed by atoms with E-state index in [0.29, 0.717) is 5.56 Å². The summed E-state index contributed by atoms with van der Waals surface area (Å²) >= 11 is 0. The van der Waals surface area contributed by atoms with Crippen LogP contribution in [0.25, 0.3) is 0 Å². The van der Waals surface area contributed by atoms with Crippen molar-refractivity contribution in [3.63, 3.8) is 0 Å². The highest BCUT2D eigenvalue weighted by Gasteiger charge is 2.41. The van der Waals surface area contributed by atoms with E-state index in [2.05, 4.69) is 0 Å². The number of hydrogen-bond donors (Lipinski definition) is 2. The Hall–Kier alpha value is -1.92. The van der Waals surface area contributed by atoms with Crippen molar-refractivity contribution in [2.75, 3.05) is 13.7 Å². The zero-order chi connectivity index (χ0) is 14.7. The number of aliphatic hydroxyl groups excluding tert-OH is 1. The second-order valence-electron chi connectivity index (χ2n) is 4.76. The molecular formula is C14H17NO5. The Morgan fingerprint density at radius 1 is 1.35 bits per heavy atom. The van der Waals surface area contributed by atoms with Gasteiger partial charge in [-0.2, -0.15) is 0 Å². The van der Waals surface area contributed by atoms with E-state index in [-0.39, 0.29) is 13.0 Å². The molecule has 0 aliphatic carbocycles. The molecule has 108 valence electrons. The summed E-state index contributed by atoms with van der Waals surface area (Å²) < 4.78 is 5.21. The number of β-amino-alcohol motifs (C(OH)–C–C–N with tert-alkyl or cyclic N) is 1. The van der Waals surface area contributed by atoms with Gasteiger partial charge < -0.3 is 19.8 Å². The van der Waals surface area contributed by atoms with Crippen molar-refractivity contribution in [2.45, 2.75) is 24.7 Å². The predicted octanol–water partition coefficient (Wildman–Crippen LogP) is 0.420. The van der Waals surface area contributed by atoms with Gasteiger partial charge in [0.15, 0.2) is 6.10 Å². The van der Waals surface area contributed by atoms with Crippen LogP contribution in [0, 0.1) is 0 Å². The molecule has 2 N–H and O–H groups in total. The first kappa shape index (κ1) is 14.5. The lowest BCUT2D eigenvalue weighted by atomic mass is 10.1. The van der Waals surface area contributed by atoms with E-state index in [4.69, 9.17) is 9.84 Å². The van der Waals surface area contributed by atoms with Crippen LogP contribution in [0.4, 0.5) is 0 Å². The Bertz CT molecular complexity index is 490. The third-order valence-electron chi connectivity index (χ3n) is 3.41. The van der Waals surface area contributed by atoms with Gasteiger partial charge in [-0.15, -0.1) is 0 Å². The molecule has 1 aliphatic heterocycles. The number of hydrogen-bond acceptors (Lipinski definition) is 4. The number of rotatable bonds is 4. The van der Waals surface area contributed by atoms with Crippen molar-refractivity contribution < 1.29 is 24.5 Å². The molecule has 1 saturated heterocycles. The molecule has 3 atom stereocenters. The van der Waals surface area contributed by atoms with Crippen molar-refractivity contribution in [1.29, 1.82) is 0 Å². The van der Waals surface area contributed by atoms with Crippen molar-refractivity contribution in [3.05, 3.63) is 35.9 Å². The molecule has 0 spiro atoms. The molecule has 0 bridgehead atoms. The highest BCUT2D eigenvalue weighted by molar-refractivity contribution is 5.88. The van der Waals surface area contributed by atoms with Crippen LogP contribution in [0.3, 0.4) is 0 Å². The Morgan fingerprint density at radius 3 is 2.55 bits per heavy atom. The van der Waals surface area contributed by atoms with Crippen LogP contribution < -0.4 is 0 Å². The summed E-state index contributed by atoms with van der Waals surface area (Å²) in [5.74, 6) is -1.56. The lowest BCUT2D eigenvalue weighted by Crippen LogP contribution is -2.43. The smallest absolute Gasteiger partial charge is 0.326 e. The van der Waals surface area contributed by atoms with Gasteiger partial charge in [-0.25, -0.2) is 4.79 Å². The molecule has 1 heterocycles. The lowest BCUT2D eigenvalue weighted by molar-refractivity contribution is -0.153. The molecular weight excluding hydrogens is 262 g/mol. The number of likely N-dealkylation sites (tertiary alicyclic amines) is 1. The zero-order valence-corrected chi connectivity index (χ0v) is 11.1. The minimum atomic E-state index is -1.11. The first-order valence-electron chi connectivity index (χ1n) is 6.33. The van der Waals surface area contributed by atoms with Gasteiger partial charge in [0.1, 0.15) is 6.04 Å². The minimum absolute atomic E-state index is 0.0164. The average molecular weight is 279 g/mol. The first-order chi connectivity index (χ1) is 9.54. The standard InChI is InChI=1S/C14H17NO5/c1-20-12(9-5-3-2-4-6-9)13(17)15-8-10(16)7-11(15)14(18)19/h2-6,10-12,16H,7-8H2,1H3,(H,18,19)/t10-,11+,12?/m1/s1. The molecule has 1 aromatic carbocycles.